The van der Waals surface area contributed by atoms with Gasteiger partial charge >= 0.3 is 0 Å². The zero-order valence-electron chi connectivity index (χ0n) is 16.3. The number of carbonyl (C=O) groups is 1. The second-order valence-corrected chi connectivity index (χ2v) is 9.09. The van der Waals surface area contributed by atoms with Crippen LogP contribution in [0, 0.1) is 5.92 Å². The van der Waals surface area contributed by atoms with Gasteiger partial charge in [-0.1, -0.05) is 35.3 Å². The minimum atomic E-state index is 0.0314. The largest absolute Gasteiger partial charge is 0.352 e. The summed E-state index contributed by atoms with van der Waals surface area (Å²) in [7, 11) is 4.21. The summed E-state index contributed by atoms with van der Waals surface area (Å²) in [6.07, 6.45) is 4.55. The fraction of sp³-hybridized carbons (Fsp3) is 0.435. The first-order valence-electron chi connectivity index (χ1n) is 9.97. The summed E-state index contributed by atoms with van der Waals surface area (Å²) in [5.74, 6) is 0.976. The van der Waals surface area contributed by atoms with Crippen LogP contribution in [0.1, 0.15) is 64.7 Å². The maximum Gasteiger partial charge on any atom is 0.251 e. The molecule has 0 unspecified atom stereocenters. The number of hydrogen-bond acceptors (Lipinski definition) is 2. The first kappa shape index (κ1) is 19.8. The quantitative estimate of drug-likeness (QED) is 0.681. The van der Waals surface area contributed by atoms with Crippen LogP contribution in [0.5, 0.6) is 0 Å². The van der Waals surface area contributed by atoms with Gasteiger partial charge in [0.15, 0.2) is 0 Å². The highest BCUT2D eigenvalue weighted by molar-refractivity contribution is 6.42. The monoisotopic (exact) mass is 416 g/mol. The highest BCUT2D eigenvalue weighted by Gasteiger charge is 2.30. The Labute approximate surface area is 177 Å². The Hall–Kier alpha value is -1.55. The van der Waals surface area contributed by atoms with E-state index in [0.29, 0.717) is 22.0 Å². The van der Waals surface area contributed by atoms with Crippen molar-refractivity contribution < 1.29 is 4.79 Å². The van der Waals surface area contributed by atoms with Crippen molar-refractivity contribution >= 4 is 29.1 Å². The van der Waals surface area contributed by atoms with Crippen LogP contribution in [0.4, 0.5) is 0 Å². The zero-order chi connectivity index (χ0) is 19.8. The van der Waals surface area contributed by atoms with E-state index in [2.05, 4.69) is 42.5 Å². The van der Waals surface area contributed by atoms with Crippen LogP contribution in [0.25, 0.3) is 0 Å². The molecule has 0 bridgehead atoms. The topological polar surface area (TPSA) is 32.3 Å². The average molecular weight is 417 g/mol. The summed E-state index contributed by atoms with van der Waals surface area (Å²) in [6.45, 7) is 0.791. The predicted molar refractivity (Wildman–Crippen MR) is 115 cm³/mol. The number of halogens is 2. The molecule has 2 aliphatic rings. The second kappa shape index (κ2) is 8.06. The van der Waals surface area contributed by atoms with Crippen molar-refractivity contribution in [2.75, 3.05) is 20.6 Å². The molecule has 0 saturated heterocycles. The summed E-state index contributed by atoms with van der Waals surface area (Å²) in [5, 5.41) is 4.25. The predicted octanol–water partition coefficient (Wildman–Crippen LogP) is 5.66. The lowest BCUT2D eigenvalue weighted by molar-refractivity contribution is 0.0951. The first-order chi connectivity index (χ1) is 13.4. The molecule has 0 radical (unpaired) electrons. The Morgan fingerprint density at radius 3 is 2.46 bits per heavy atom. The maximum absolute atomic E-state index is 12.6. The molecule has 0 spiro atoms. The minimum Gasteiger partial charge on any atom is -0.352 e. The lowest BCUT2D eigenvalue weighted by atomic mass is 9.76. The summed E-state index contributed by atoms with van der Waals surface area (Å²) >= 11 is 12.4. The van der Waals surface area contributed by atoms with Gasteiger partial charge in [0.05, 0.1) is 10.0 Å². The van der Waals surface area contributed by atoms with Crippen LogP contribution in [0.3, 0.4) is 0 Å². The fourth-order valence-corrected chi connectivity index (χ4v) is 4.54. The molecule has 2 aliphatic carbocycles. The molecular formula is C23H26Cl2N2O. The van der Waals surface area contributed by atoms with Crippen LogP contribution in [-0.2, 0) is 0 Å². The van der Waals surface area contributed by atoms with Gasteiger partial charge in [-0.25, -0.2) is 0 Å². The summed E-state index contributed by atoms with van der Waals surface area (Å²) in [5.41, 5.74) is 4.45. The highest BCUT2D eigenvalue weighted by atomic mass is 35.5. The Bertz CT molecular complexity index is 892. The summed E-state index contributed by atoms with van der Waals surface area (Å²) in [6, 6.07) is 12.4. The molecule has 0 heterocycles. The molecule has 3 nitrogen and oxygen atoms in total. The van der Waals surface area contributed by atoms with Crippen LogP contribution in [-0.4, -0.2) is 31.4 Å². The van der Waals surface area contributed by atoms with Crippen molar-refractivity contribution in [2.45, 2.75) is 37.6 Å². The van der Waals surface area contributed by atoms with Gasteiger partial charge in [-0.15, -0.1) is 0 Å². The Morgan fingerprint density at radius 2 is 1.79 bits per heavy atom. The number of benzene rings is 2. The molecule has 5 heteroatoms. The lowest BCUT2D eigenvalue weighted by Crippen LogP contribution is -2.29. The Morgan fingerprint density at radius 1 is 1.00 bits per heavy atom. The van der Waals surface area contributed by atoms with E-state index < -0.39 is 0 Å². The molecule has 1 saturated carbocycles. The number of nitrogens with zero attached hydrogens (tertiary/aromatic N) is 1. The molecule has 0 aliphatic heterocycles. The molecule has 1 N–H and O–H groups in total. The highest BCUT2D eigenvalue weighted by Crippen LogP contribution is 2.44. The number of nitrogens with one attached hydrogen (secondary N) is 1. The maximum atomic E-state index is 12.6. The average Bonchev–Trinajstić information content (AvgIpc) is 3.51. The van der Waals surface area contributed by atoms with Crippen molar-refractivity contribution in [1.82, 2.24) is 10.2 Å². The van der Waals surface area contributed by atoms with Gasteiger partial charge in [0.1, 0.15) is 0 Å². The van der Waals surface area contributed by atoms with Crippen molar-refractivity contribution in [3.8, 4) is 0 Å². The third-order valence-electron chi connectivity index (χ3n) is 6.03. The van der Waals surface area contributed by atoms with Crippen molar-refractivity contribution in [1.29, 1.82) is 0 Å². The van der Waals surface area contributed by atoms with E-state index in [4.69, 9.17) is 23.2 Å². The minimum absolute atomic E-state index is 0.0314. The molecule has 28 heavy (non-hydrogen) atoms. The van der Waals surface area contributed by atoms with Gasteiger partial charge in [0.25, 0.3) is 5.91 Å². The zero-order valence-corrected chi connectivity index (χ0v) is 17.9. The van der Waals surface area contributed by atoms with E-state index in [1.165, 1.54) is 29.5 Å². The summed E-state index contributed by atoms with van der Waals surface area (Å²) < 4.78 is 0. The Balaban J connectivity index is 1.67. The number of amides is 1. The van der Waals surface area contributed by atoms with Gasteiger partial charge in [-0.2, -0.15) is 0 Å². The van der Waals surface area contributed by atoms with Crippen LogP contribution < -0.4 is 5.32 Å². The molecule has 4 rings (SSSR count). The smallest absolute Gasteiger partial charge is 0.251 e. The SMILES string of the molecule is CN(C)[C@H]1CC[C@@H](c2ccc(Cl)c(Cl)c2)c2ccc(C(=O)NCC3CC3)cc21. The van der Waals surface area contributed by atoms with Gasteiger partial charge in [-0.05, 0) is 86.7 Å². The van der Waals surface area contributed by atoms with Crippen LogP contribution in [0.2, 0.25) is 10.0 Å². The van der Waals surface area contributed by atoms with E-state index in [1.807, 2.05) is 18.2 Å². The van der Waals surface area contributed by atoms with Gasteiger partial charge in [0.2, 0.25) is 0 Å². The molecule has 1 fully saturated rings. The van der Waals surface area contributed by atoms with Gasteiger partial charge in [0, 0.05) is 24.1 Å². The van der Waals surface area contributed by atoms with Gasteiger partial charge in [-0.3, -0.25) is 4.79 Å². The first-order valence-corrected chi connectivity index (χ1v) is 10.7. The third kappa shape index (κ3) is 4.07. The van der Waals surface area contributed by atoms with Crippen LogP contribution >= 0.6 is 23.2 Å². The molecule has 2 aromatic rings. The van der Waals surface area contributed by atoms with Crippen molar-refractivity contribution in [3.63, 3.8) is 0 Å². The van der Waals surface area contributed by atoms with E-state index in [9.17, 15) is 4.79 Å². The number of rotatable bonds is 5. The number of hydrogen-bond donors (Lipinski definition) is 1. The molecular weight excluding hydrogens is 391 g/mol. The van der Waals surface area contributed by atoms with E-state index in [0.717, 1.165) is 24.9 Å². The lowest BCUT2D eigenvalue weighted by Gasteiger charge is -2.36. The Kier molecular flexibility index (Phi) is 5.69. The molecule has 2 aromatic carbocycles. The fourth-order valence-electron chi connectivity index (χ4n) is 4.23. The molecule has 2 atom stereocenters. The standard InChI is InChI=1S/C23H26Cl2N2O/c1-27(2)22-10-8-17(15-6-9-20(24)21(25)12-15)18-7-5-16(11-19(18)22)23(28)26-13-14-3-4-14/h5-7,9,11-12,14,17,22H,3-4,8,10,13H2,1-2H3,(H,26,28)/t17-,22-/m0/s1. The van der Waals surface area contributed by atoms with E-state index >= 15 is 0 Å². The number of fused-ring (bicyclic) bond motifs is 1. The van der Waals surface area contributed by atoms with E-state index in [1.54, 1.807) is 0 Å². The summed E-state index contributed by atoms with van der Waals surface area (Å²) in [4.78, 5) is 14.9. The third-order valence-corrected chi connectivity index (χ3v) is 6.77. The molecule has 1 amide bonds. The molecule has 0 aromatic heterocycles. The van der Waals surface area contributed by atoms with Gasteiger partial charge < -0.3 is 10.2 Å². The number of carbonyl (C=O) groups excluding carboxylic acids is 1. The van der Waals surface area contributed by atoms with Crippen molar-refractivity contribution in [2.24, 2.45) is 5.92 Å². The molecule has 148 valence electrons. The normalized spacial score (nSPS) is 21.5. The van der Waals surface area contributed by atoms with Crippen LogP contribution in [0.15, 0.2) is 36.4 Å². The van der Waals surface area contributed by atoms with E-state index in [-0.39, 0.29) is 11.8 Å². The van der Waals surface area contributed by atoms with Crippen molar-refractivity contribution in [3.05, 3.63) is 68.7 Å². The second-order valence-electron chi connectivity index (χ2n) is 8.28.